The molecule has 5 rings (SSSR count). The number of nitriles is 1. The molecule has 2 aliphatic rings. The van der Waals surface area contributed by atoms with Gasteiger partial charge in [-0.3, -0.25) is 0 Å². The van der Waals surface area contributed by atoms with Crippen LogP contribution in [-0.2, 0) is 6.54 Å². The SMILES string of the molecule is CC[C@H]1CN(c2ccc(C#N)n3nccc23)Cc2ccc(OC3CCNCC3)nc21. The highest BCUT2D eigenvalue weighted by Crippen LogP contribution is 2.35. The largest absolute Gasteiger partial charge is 0.474 e. The lowest BCUT2D eigenvalue weighted by atomic mass is 9.92. The van der Waals surface area contributed by atoms with Crippen LogP contribution < -0.4 is 15.0 Å². The maximum atomic E-state index is 9.36. The highest BCUT2D eigenvalue weighted by Gasteiger charge is 2.28. The van der Waals surface area contributed by atoms with E-state index >= 15 is 0 Å². The summed E-state index contributed by atoms with van der Waals surface area (Å²) in [5, 5.41) is 17.1. The molecule has 3 aromatic rings. The molecule has 1 fully saturated rings. The number of hydrogen-bond donors (Lipinski definition) is 1. The Hall–Kier alpha value is -3.11. The van der Waals surface area contributed by atoms with Gasteiger partial charge in [-0.2, -0.15) is 10.4 Å². The highest BCUT2D eigenvalue weighted by atomic mass is 16.5. The summed E-state index contributed by atoms with van der Waals surface area (Å²) in [6, 6.07) is 12.3. The maximum absolute atomic E-state index is 9.36. The molecular weight excluding hydrogens is 376 g/mol. The van der Waals surface area contributed by atoms with Gasteiger partial charge >= 0.3 is 0 Å². The van der Waals surface area contributed by atoms with Crippen molar-refractivity contribution in [2.75, 3.05) is 24.5 Å². The van der Waals surface area contributed by atoms with Gasteiger partial charge in [0.25, 0.3) is 0 Å². The zero-order chi connectivity index (χ0) is 20.5. The van der Waals surface area contributed by atoms with Gasteiger partial charge in [-0.05, 0) is 56.1 Å². The molecule has 154 valence electrons. The van der Waals surface area contributed by atoms with E-state index in [9.17, 15) is 5.26 Å². The fourth-order valence-corrected chi connectivity index (χ4v) is 4.61. The number of pyridine rings is 2. The van der Waals surface area contributed by atoms with E-state index in [4.69, 9.17) is 9.72 Å². The smallest absolute Gasteiger partial charge is 0.213 e. The van der Waals surface area contributed by atoms with Crippen molar-refractivity contribution < 1.29 is 4.74 Å². The summed E-state index contributed by atoms with van der Waals surface area (Å²) in [5.41, 5.74) is 5.02. The second-order valence-electron chi connectivity index (χ2n) is 8.09. The first-order valence-electron chi connectivity index (χ1n) is 10.8. The third kappa shape index (κ3) is 3.37. The van der Waals surface area contributed by atoms with Gasteiger partial charge < -0.3 is 15.0 Å². The van der Waals surface area contributed by atoms with Crippen LogP contribution in [0.3, 0.4) is 0 Å². The van der Waals surface area contributed by atoms with E-state index in [1.807, 2.05) is 24.3 Å². The number of rotatable bonds is 4. The Morgan fingerprint density at radius 2 is 2.07 bits per heavy atom. The molecule has 30 heavy (non-hydrogen) atoms. The molecule has 0 amide bonds. The number of anilines is 1. The summed E-state index contributed by atoms with van der Waals surface area (Å²) in [7, 11) is 0. The zero-order valence-electron chi connectivity index (χ0n) is 17.2. The van der Waals surface area contributed by atoms with Gasteiger partial charge in [0.15, 0.2) is 0 Å². The van der Waals surface area contributed by atoms with Gasteiger partial charge in [0, 0.05) is 25.1 Å². The molecule has 0 radical (unpaired) electrons. The van der Waals surface area contributed by atoms with E-state index in [0.29, 0.717) is 11.6 Å². The van der Waals surface area contributed by atoms with E-state index in [-0.39, 0.29) is 6.10 Å². The quantitative estimate of drug-likeness (QED) is 0.722. The lowest BCUT2D eigenvalue weighted by molar-refractivity contribution is 0.155. The first-order chi connectivity index (χ1) is 14.8. The Morgan fingerprint density at radius 1 is 1.20 bits per heavy atom. The molecule has 5 heterocycles. The van der Waals surface area contributed by atoms with Crippen molar-refractivity contribution in [2.45, 2.75) is 44.8 Å². The molecule has 2 aliphatic heterocycles. The zero-order valence-corrected chi connectivity index (χ0v) is 17.2. The third-order valence-corrected chi connectivity index (χ3v) is 6.23. The highest BCUT2D eigenvalue weighted by molar-refractivity contribution is 5.74. The van der Waals surface area contributed by atoms with Gasteiger partial charge in [0.2, 0.25) is 5.88 Å². The van der Waals surface area contributed by atoms with Gasteiger partial charge in [-0.25, -0.2) is 9.50 Å². The molecule has 3 aromatic heterocycles. The molecule has 1 atom stereocenters. The van der Waals surface area contributed by atoms with E-state index in [1.165, 1.54) is 11.3 Å². The Balaban J connectivity index is 1.44. The number of fused-ring (bicyclic) bond motifs is 2. The summed E-state index contributed by atoms with van der Waals surface area (Å²) < 4.78 is 7.91. The van der Waals surface area contributed by atoms with Crippen molar-refractivity contribution in [3.05, 3.63) is 53.5 Å². The van der Waals surface area contributed by atoms with Crippen LogP contribution in [0.15, 0.2) is 36.5 Å². The predicted molar refractivity (Wildman–Crippen MR) is 115 cm³/mol. The van der Waals surface area contributed by atoms with Crippen molar-refractivity contribution in [1.29, 1.82) is 5.26 Å². The molecule has 0 unspecified atom stereocenters. The summed E-state index contributed by atoms with van der Waals surface area (Å²) >= 11 is 0. The molecular formula is C23H26N6O. The normalized spacial score (nSPS) is 19.5. The number of nitrogens with one attached hydrogen (secondary N) is 1. The second kappa shape index (κ2) is 7.96. The summed E-state index contributed by atoms with van der Waals surface area (Å²) in [5.74, 6) is 1.09. The van der Waals surface area contributed by atoms with Gasteiger partial charge in [0.1, 0.15) is 17.9 Å². The van der Waals surface area contributed by atoms with E-state index in [0.717, 1.165) is 62.5 Å². The Bertz CT molecular complexity index is 1090. The summed E-state index contributed by atoms with van der Waals surface area (Å²) in [6.07, 6.45) is 5.08. The lowest BCUT2D eigenvalue weighted by Gasteiger charge is -2.35. The monoisotopic (exact) mass is 402 g/mol. The standard InChI is InChI=1S/C23H26N6O/c1-2-16-14-28(20-5-4-18(13-24)29-21(20)9-12-26-29)15-17-3-6-22(27-23(16)17)30-19-7-10-25-11-8-19/h3-6,9,12,16,19,25H,2,7-8,10-11,14-15H2,1H3/t16-/m0/s1. The molecule has 0 spiro atoms. The van der Waals surface area contributed by atoms with Crippen LogP contribution >= 0.6 is 0 Å². The minimum atomic E-state index is 0.255. The van der Waals surface area contributed by atoms with Gasteiger partial charge in [-0.1, -0.05) is 13.0 Å². The summed E-state index contributed by atoms with van der Waals surface area (Å²) in [6.45, 7) is 5.91. The molecule has 1 saturated heterocycles. The van der Waals surface area contributed by atoms with Gasteiger partial charge in [0.05, 0.1) is 23.1 Å². The van der Waals surface area contributed by atoms with Crippen LogP contribution in [0.25, 0.3) is 5.52 Å². The lowest BCUT2D eigenvalue weighted by Crippen LogP contribution is -2.35. The minimum Gasteiger partial charge on any atom is -0.474 e. The Labute approximate surface area is 176 Å². The number of aromatic nitrogens is 3. The topological polar surface area (TPSA) is 78.5 Å². The van der Waals surface area contributed by atoms with Crippen LogP contribution in [0.1, 0.15) is 49.1 Å². The van der Waals surface area contributed by atoms with E-state index < -0.39 is 0 Å². The van der Waals surface area contributed by atoms with Crippen molar-refractivity contribution in [3.63, 3.8) is 0 Å². The van der Waals surface area contributed by atoms with Crippen molar-refractivity contribution in [3.8, 4) is 11.9 Å². The van der Waals surface area contributed by atoms with Crippen LogP contribution in [-0.4, -0.2) is 40.3 Å². The first kappa shape index (κ1) is 18.9. The third-order valence-electron chi connectivity index (χ3n) is 6.23. The average Bonchev–Trinajstić information content (AvgIpc) is 3.28. The molecule has 7 heteroatoms. The number of ether oxygens (including phenoxy) is 1. The fourth-order valence-electron chi connectivity index (χ4n) is 4.61. The Morgan fingerprint density at radius 3 is 2.87 bits per heavy atom. The Kier molecular flexibility index (Phi) is 5.01. The number of hydrogen-bond acceptors (Lipinski definition) is 6. The van der Waals surface area contributed by atoms with Gasteiger partial charge in [-0.15, -0.1) is 0 Å². The number of piperidine rings is 1. The maximum Gasteiger partial charge on any atom is 0.213 e. The van der Waals surface area contributed by atoms with Crippen LogP contribution in [0.4, 0.5) is 5.69 Å². The van der Waals surface area contributed by atoms with Crippen molar-refractivity contribution in [2.24, 2.45) is 0 Å². The minimum absolute atomic E-state index is 0.255. The van der Waals surface area contributed by atoms with Crippen LogP contribution in [0.2, 0.25) is 0 Å². The average molecular weight is 403 g/mol. The van der Waals surface area contributed by atoms with E-state index in [2.05, 4.69) is 34.4 Å². The molecule has 0 saturated carbocycles. The van der Waals surface area contributed by atoms with Crippen molar-refractivity contribution >= 4 is 11.2 Å². The fraction of sp³-hybridized carbons (Fsp3) is 0.435. The first-order valence-corrected chi connectivity index (χ1v) is 10.8. The van der Waals surface area contributed by atoms with Crippen LogP contribution in [0, 0.1) is 11.3 Å². The van der Waals surface area contributed by atoms with Crippen molar-refractivity contribution in [1.82, 2.24) is 19.9 Å². The summed E-state index contributed by atoms with van der Waals surface area (Å²) in [4.78, 5) is 7.32. The number of nitrogens with zero attached hydrogens (tertiary/aromatic N) is 5. The predicted octanol–water partition coefficient (Wildman–Crippen LogP) is 3.25. The second-order valence-corrected chi connectivity index (χ2v) is 8.09. The molecule has 0 aliphatic carbocycles. The van der Waals surface area contributed by atoms with E-state index in [1.54, 1.807) is 10.7 Å². The molecule has 0 bridgehead atoms. The molecule has 7 nitrogen and oxygen atoms in total. The van der Waals surface area contributed by atoms with Crippen LogP contribution in [0.5, 0.6) is 5.88 Å². The molecule has 1 N–H and O–H groups in total. The molecule has 0 aromatic carbocycles.